The molecule has 2 aromatic rings. The Morgan fingerprint density at radius 1 is 1.27 bits per heavy atom. The minimum atomic E-state index is -3.32. The van der Waals surface area contributed by atoms with Crippen LogP contribution in [-0.2, 0) is 23.0 Å². The highest BCUT2D eigenvalue weighted by atomic mass is 32.2. The molecule has 0 radical (unpaired) electrons. The van der Waals surface area contributed by atoms with Crippen molar-refractivity contribution in [1.82, 2.24) is 19.3 Å². The van der Waals surface area contributed by atoms with Crippen molar-refractivity contribution in [2.75, 3.05) is 25.9 Å². The van der Waals surface area contributed by atoms with Gasteiger partial charge in [-0.3, -0.25) is 4.90 Å². The first-order valence-corrected chi connectivity index (χ1v) is 12.4. The minimum Gasteiger partial charge on any atom is -0.491 e. The van der Waals surface area contributed by atoms with Gasteiger partial charge in [-0.2, -0.15) is 9.29 Å². The Kier molecular flexibility index (Phi) is 6.13. The van der Waals surface area contributed by atoms with E-state index >= 15 is 0 Å². The molecular weight excluding hydrogens is 404 g/mol. The minimum absolute atomic E-state index is 0.0343. The van der Waals surface area contributed by atoms with Crippen molar-refractivity contribution in [3.05, 3.63) is 41.5 Å². The third-order valence-electron chi connectivity index (χ3n) is 5.47. The van der Waals surface area contributed by atoms with Gasteiger partial charge in [-0.1, -0.05) is 23.4 Å². The highest BCUT2D eigenvalue weighted by molar-refractivity contribution is 7.88. The van der Waals surface area contributed by atoms with E-state index in [0.29, 0.717) is 43.7 Å². The Labute approximate surface area is 178 Å². The van der Waals surface area contributed by atoms with Gasteiger partial charge in [-0.05, 0) is 32.8 Å². The maximum Gasteiger partial charge on any atom is 0.229 e. The van der Waals surface area contributed by atoms with Crippen molar-refractivity contribution < 1.29 is 17.7 Å². The van der Waals surface area contributed by atoms with Crippen LogP contribution in [0.3, 0.4) is 0 Å². The lowest BCUT2D eigenvalue weighted by atomic mass is 10.1. The number of benzene rings is 1. The molecule has 0 unspecified atom stereocenters. The maximum atomic E-state index is 12.4. The summed E-state index contributed by atoms with van der Waals surface area (Å²) in [5, 5.41) is 4.01. The number of rotatable bonds is 10. The monoisotopic (exact) mass is 434 g/mol. The Balaban J connectivity index is 1.33. The average molecular weight is 435 g/mol. The van der Waals surface area contributed by atoms with Crippen LogP contribution in [0.5, 0.6) is 5.75 Å². The molecule has 9 heteroatoms. The summed E-state index contributed by atoms with van der Waals surface area (Å²) in [5.74, 6) is 2.56. The first kappa shape index (κ1) is 21.3. The van der Waals surface area contributed by atoms with E-state index in [1.54, 1.807) is 4.31 Å². The van der Waals surface area contributed by atoms with E-state index in [4.69, 9.17) is 9.26 Å². The predicted octanol–water partition coefficient (Wildman–Crippen LogP) is 2.42. The quantitative estimate of drug-likeness (QED) is 0.567. The lowest BCUT2D eigenvalue weighted by Crippen LogP contribution is -2.60. The molecule has 8 nitrogen and oxygen atoms in total. The SMILES string of the molecule is CC(C)Oc1ccccc1CN1CC(N(CCc2noc(C3CC3)n2)S(C)(=O)=O)C1. The van der Waals surface area contributed by atoms with Crippen molar-refractivity contribution in [2.24, 2.45) is 0 Å². The first-order chi connectivity index (χ1) is 14.3. The van der Waals surface area contributed by atoms with Crippen molar-refractivity contribution in [1.29, 1.82) is 0 Å². The van der Waals surface area contributed by atoms with E-state index < -0.39 is 10.0 Å². The van der Waals surface area contributed by atoms with Gasteiger partial charge >= 0.3 is 0 Å². The van der Waals surface area contributed by atoms with E-state index in [9.17, 15) is 8.42 Å². The molecular formula is C21H30N4O4S. The second-order valence-corrected chi connectivity index (χ2v) is 10.5. The van der Waals surface area contributed by atoms with Crippen molar-refractivity contribution in [3.63, 3.8) is 0 Å². The van der Waals surface area contributed by atoms with Crippen LogP contribution in [0, 0.1) is 0 Å². The Morgan fingerprint density at radius 3 is 2.67 bits per heavy atom. The van der Waals surface area contributed by atoms with E-state index in [1.807, 2.05) is 32.0 Å². The average Bonchev–Trinajstić information content (AvgIpc) is 3.38. The maximum absolute atomic E-state index is 12.4. The lowest BCUT2D eigenvalue weighted by Gasteiger charge is -2.44. The molecule has 30 heavy (non-hydrogen) atoms. The second-order valence-electron chi connectivity index (χ2n) is 8.57. The summed E-state index contributed by atoms with van der Waals surface area (Å²) in [6.45, 7) is 6.53. The summed E-state index contributed by atoms with van der Waals surface area (Å²) in [7, 11) is -3.32. The first-order valence-electron chi connectivity index (χ1n) is 10.6. The fourth-order valence-corrected chi connectivity index (χ4v) is 4.89. The summed E-state index contributed by atoms with van der Waals surface area (Å²) in [4.78, 5) is 6.65. The third kappa shape index (κ3) is 5.19. The number of nitrogens with zero attached hydrogens (tertiary/aromatic N) is 4. The zero-order chi connectivity index (χ0) is 21.3. The van der Waals surface area contributed by atoms with Gasteiger partial charge in [0.2, 0.25) is 15.9 Å². The summed E-state index contributed by atoms with van der Waals surface area (Å²) in [6.07, 6.45) is 4.04. The van der Waals surface area contributed by atoms with Gasteiger partial charge in [-0.25, -0.2) is 8.42 Å². The van der Waals surface area contributed by atoms with Gasteiger partial charge in [-0.15, -0.1) is 0 Å². The molecule has 0 N–H and O–H groups in total. The number of likely N-dealkylation sites (tertiary alicyclic amines) is 1. The molecule has 1 saturated heterocycles. The number of ether oxygens (including phenoxy) is 1. The standard InChI is InChI=1S/C21H30N4O4S/c1-15(2)28-19-7-5-4-6-17(19)12-24-13-18(14-24)25(30(3,26)27)11-10-20-22-21(29-23-20)16-8-9-16/h4-7,15-16,18H,8-14H2,1-3H3. The summed E-state index contributed by atoms with van der Waals surface area (Å²) >= 11 is 0. The molecule has 164 valence electrons. The molecule has 1 aliphatic heterocycles. The van der Waals surface area contributed by atoms with Crippen molar-refractivity contribution in [3.8, 4) is 5.75 Å². The molecule has 0 amide bonds. The highest BCUT2D eigenvalue weighted by Gasteiger charge is 2.37. The fourth-order valence-electron chi connectivity index (χ4n) is 3.79. The van der Waals surface area contributed by atoms with Gasteiger partial charge in [0, 0.05) is 44.1 Å². The molecule has 4 rings (SSSR count). The van der Waals surface area contributed by atoms with Gasteiger partial charge < -0.3 is 9.26 Å². The van der Waals surface area contributed by atoms with Crippen LogP contribution >= 0.6 is 0 Å². The fraction of sp³-hybridized carbons (Fsp3) is 0.619. The Hall–Kier alpha value is -1.97. The number of hydrogen-bond donors (Lipinski definition) is 0. The van der Waals surface area contributed by atoms with Crippen molar-refractivity contribution in [2.45, 2.75) is 57.7 Å². The van der Waals surface area contributed by atoms with Gasteiger partial charge in [0.25, 0.3) is 0 Å². The molecule has 2 fully saturated rings. The third-order valence-corrected chi connectivity index (χ3v) is 6.80. The topological polar surface area (TPSA) is 88.8 Å². The number of hydrogen-bond acceptors (Lipinski definition) is 7. The predicted molar refractivity (Wildman–Crippen MR) is 113 cm³/mol. The molecule has 1 saturated carbocycles. The smallest absolute Gasteiger partial charge is 0.229 e. The van der Waals surface area contributed by atoms with E-state index in [0.717, 1.165) is 30.7 Å². The molecule has 2 heterocycles. The summed E-state index contributed by atoms with van der Waals surface area (Å²) in [5.41, 5.74) is 1.12. The summed E-state index contributed by atoms with van der Waals surface area (Å²) < 4.78 is 37.5. The Bertz CT molecular complexity index is 965. The van der Waals surface area contributed by atoms with Crippen LogP contribution < -0.4 is 4.74 Å². The largest absolute Gasteiger partial charge is 0.491 e. The highest BCUT2D eigenvalue weighted by Crippen LogP contribution is 2.38. The van der Waals surface area contributed by atoms with Crippen LogP contribution in [0.2, 0.25) is 0 Å². The molecule has 0 spiro atoms. The second kappa shape index (κ2) is 8.64. The molecule has 0 bridgehead atoms. The Morgan fingerprint density at radius 2 is 2.00 bits per heavy atom. The molecule has 0 atom stereocenters. The zero-order valence-corrected chi connectivity index (χ0v) is 18.6. The number of aromatic nitrogens is 2. The molecule has 2 aliphatic rings. The normalized spacial score (nSPS) is 18.2. The van der Waals surface area contributed by atoms with Gasteiger partial charge in [0.15, 0.2) is 5.82 Å². The van der Waals surface area contributed by atoms with Crippen LogP contribution in [0.1, 0.15) is 49.9 Å². The summed E-state index contributed by atoms with van der Waals surface area (Å²) in [6, 6.07) is 7.98. The van der Waals surface area contributed by atoms with Gasteiger partial charge in [0.1, 0.15) is 5.75 Å². The van der Waals surface area contributed by atoms with E-state index in [1.165, 1.54) is 6.26 Å². The number of sulfonamides is 1. The lowest BCUT2D eigenvalue weighted by molar-refractivity contribution is 0.0717. The van der Waals surface area contributed by atoms with Crippen LogP contribution in [0.4, 0.5) is 0 Å². The van der Waals surface area contributed by atoms with E-state index in [-0.39, 0.29) is 12.1 Å². The molecule has 1 aliphatic carbocycles. The van der Waals surface area contributed by atoms with Crippen LogP contribution in [-0.4, -0.2) is 65.8 Å². The van der Waals surface area contributed by atoms with Crippen molar-refractivity contribution >= 4 is 10.0 Å². The van der Waals surface area contributed by atoms with E-state index in [2.05, 4.69) is 21.1 Å². The molecule has 1 aromatic heterocycles. The van der Waals surface area contributed by atoms with Crippen LogP contribution in [0.25, 0.3) is 0 Å². The van der Waals surface area contributed by atoms with Gasteiger partial charge in [0.05, 0.1) is 18.4 Å². The molecule has 1 aromatic carbocycles. The number of para-hydroxylation sites is 1. The van der Waals surface area contributed by atoms with Crippen LogP contribution in [0.15, 0.2) is 28.8 Å². The zero-order valence-electron chi connectivity index (χ0n) is 17.8.